The highest BCUT2D eigenvalue weighted by Gasteiger charge is 2.56. The zero-order chi connectivity index (χ0) is 26.9. The summed E-state index contributed by atoms with van der Waals surface area (Å²) in [5.74, 6) is 0.718. The maximum atomic E-state index is 13.6. The number of rotatable bonds is 8. The van der Waals surface area contributed by atoms with Crippen LogP contribution in [0.3, 0.4) is 0 Å². The Morgan fingerprint density at radius 3 is 2.29 bits per heavy atom. The van der Waals surface area contributed by atoms with E-state index in [4.69, 9.17) is 9.47 Å². The van der Waals surface area contributed by atoms with E-state index in [0.717, 1.165) is 17.5 Å². The number of benzene rings is 3. The Hall–Kier alpha value is -4.14. The number of amides is 2. The van der Waals surface area contributed by atoms with E-state index in [2.05, 4.69) is 4.74 Å². The van der Waals surface area contributed by atoms with Crippen LogP contribution in [-0.2, 0) is 6.61 Å². The number of methoxy groups -OCH3 is 1. The van der Waals surface area contributed by atoms with Crippen molar-refractivity contribution in [3.63, 3.8) is 0 Å². The van der Waals surface area contributed by atoms with Crippen LogP contribution in [0.5, 0.6) is 17.2 Å². The molecular formula is C29H28F2N2O5. The molecule has 0 unspecified atom stereocenters. The molecule has 2 amide bonds. The number of carbonyl (C=O) groups excluding carboxylic acids is 2. The van der Waals surface area contributed by atoms with Crippen molar-refractivity contribution in [3.05, 3.63) is 89.0 Å². The Morgan fingerprint density at radius 1 is 0.974 bits per heavy atom. The third kappa shape index (κ3) is 4.88. The number of halogens is 2. The van der Waals surface area contributed by atoms with E-state index in [1.54, 1.807) is 24.1 Å². The van der Waals surface area contributed by atoms with Crippen LogP contribution in [0.1, 0.15) is 38.3 Å². The molecule has 38 heavy (non-hydrogen) atoms. The SMILES string of the molecule is COc1cc(C)c(C(=O)N2CCC23CN(C(=O)c2ccc(OC(F)F)cc2)C3)cc1OCc1ccccc1. The number of hydrogen-bond acceptors (Lipinski definition) is 5. The number of likely N-dealkylation sites (tertiary alicyclic amines) is 2. The molecule has 5 rings (SSSR count). The van der Waals surface area contributed by atoms with E-state index < -0.39 is 12.2 Å². The van der Waals surface area contributed by atoms with Crippen LogP contribution in [-0.4, -0.2) is 60.5 Å². The van der Waals surface area contributed by atoms with Crippen LogP contribution in [0.4, 0.5) is 8.78 Å². The second kappa shape index (κ2) is 10.3. The number of nitrogens with zero attached hydrogens (tertiary/aromatic N) is 2. The fraction of sp³-hybridized carbons (Fsp3) is 0.310. The fourth-order valence-corrected chi connectivity index (χ4v) is 5.00. The molecule has 2 aliphatic heterocycles. The largest absolute Gasteiger partial charge is 0.493 e. The highest BCUT2D eigenvalue weighted by Crippen LogP contribution is 2.42. The smallest absolute Gasteiger partial charge is 0.387 e. The van der Waals surface area contributed by atoms with Crippen LogP contribution in [0, 0.1) is 6.92 Å². The quantitative estimate of drug-likeness (QED) is 0.420. The summed E-state index contributed by atoms with van der Waals surface area (Å²) in [5.41, 5.74) is 2.29. The maximum absolute atomic E-state index is 13.6. The molecule has 2 heterocycles. The first kappa shape index (κ1) is 25.5. The lowest BCUT2D eigenvalue weighted by Gasteiger charge is -2.62. The van der Waals surface area contributed by atoms with E-state index >= 15 is 0 Å². The third-order valence-corrected chi connectivity index (χ3v) is 7.18. The van der Waals surface area contributed by atoms with E-state index in [1.807, 2.05) is 42.2 Å². The fourth-order valence-electron chi connectivity index (χ4n) is 5.00. The normalized spacial score (nSPS) is 15.6. The van der Waals surface area contributed by atoms with Gasteiger partial charge in [0.1, 0.15) is 12.4 Å². The van der Waals surface area contributed by atoms with Crippen LogP contribution in [0.2, 0.25) is 0 Å². The molecule has 0 aromatic heterocycles. The van der Waals surface area contributed by atoms with Crippen molar-refractivity contribution in [2.75, 3.05) is 26.7 Å². The van der Waals surface area contributed by atoms with E-state index in [0.29, 0.717) is 48.9 Å². The van der Waals surface area contributed by atoms with Crippen LogP contribution < -0.4 is 14.2 Å². The lowest BCUT2D eigenvalue weighted by atomic mass is 9.76. The van der Waals surface area contributed by atoms with E-state index in [9.17, 15) is 18.4 Å². The molecule has 2 saturated heterocycles. The molecule has 9 heteroatoms. The first-order valence-electron chi connectivity index (χ1n) is 12.3. The van der Waals surface area contributed by atoms with Gasteiger partial charge in [0.2, 0.25) is 0 Å². The minimum atomic E-state index is -2.92. The summed E-state index contributed by atoms with van der Waals surface area (Å²) in [7, 11) is 1.56. The molecule has 0 radical (unpaired) electrons. The van der Waals surface area contributed by atoms with E-state index in [-0.39, 0.29) is 17.6 Å². The summed E-state index contributed by atoms with van der Waals surface area (Å²) in [5, 5.41) is 0. The third-order valence-electron chi connectivity index (χ3n) is 7.18. The number of aryl methyl sites for hydroxylation is 1. The van der Waals surface area contributed by atoms with Crippen molar-refractivity contribution in [2.24, 2.45) is 0 Å². The first-order valence-corrected chi connectivity index (χ1v) is 12.3. The van der Waals surface area contributed by atoms with Gasteiger partial charge < -0.3 is 24.0 Å². The minimum absolute atomic E-state index is 0.00521. The predicted molar refractivity (Wildman–Crippen MR) is 136 cm³/mol. The van der Waals surface area contributed by atoms with Gasteiger partial charge in [0, 0.05) is 30.8 Å². The molecule has 0 N–H and O–H groups in total. The summed E-state index contributed by atoms with van der Waals surface area (Å²) in [6.07, 6.45) is 0.802. The van der Waals surface area contributed by atoms with Crippen molar-refractivity contribution >= 4 is 11.8 Å². The summed E-state index contributed by atoms with van der Waals surface area (Å²) in [4.78, 5) is 30.0. The standard InChI is InChI=1S/C29H28F2N2O5/c1-19-14-24(36-2)25(37-16-20-6-4-3-5-7-20)15-23(19)27(35)33-13-12-29(33)17-32(18-29)26(34)21-8-10-22(11-9-21)38-28(30)31/h3-11,14-15,28H,12-13,16-18H2,1-2H3. The van der Waals surface area contributed by atoms with Crippen molar-refractivity contribution in [1.82, 2.24) is 9.80 Å². The second-order valence-corrected chi connectivity index (χ2v) is 9.59. The van der Waals surface area contributed by atoms with Gasteiger partial charge in [0.05, 0.1) is 12.6 Å². The Bertz CT molecular complexity index is 1320. The molecule has 1 spiro atoms. The molecule has 0 atom stereocenters. The van der Waals surface area contributed by atoms with Gasteiger partial charge in [0.25, 0.3) is 11.8 Å². The molecule has 2 aliphatic rings. The van der Waals surface area contributed by atoms with Gasteiger partial charge >= 0.3 is 6.61 Å². The highest BCUT2D eigenvalue weighted by molar-refractivity contribution is 5.99. The average Bonchev–Trinajstić information content (AvgIpc) is 2.87. The highest BCUT2D eigenvalue weighted by atomic mass is 19.3. The molecule has 3 aromatic carbocycles. The van der Waals surface area contributed by atoms with Gasteiger partial charge in [-0.25, -0.2) is 0 Å². The molecular weight excluding hydrogens is 494 g/mol. The Kier molecular flexibility index (Phi) is 6.93. The van der Waals surface area contributed by atoms with Gasteiger partial charge in [-0.2, -0.15) is 8.78 Å². The monoisotopic (exact) mass is 522 g/mol. The van der Waals surface area contributed by atoms with Crippen molar-refractivity contribution in [3.8, 4) is 17.2 Å². The Labute approximate surface area is 219 Å². The van der Waals surface area contributed by atoms with Gasteiger partial charge in [0.15, 0.2) is 11.5 Å². The van der Waals surface area contributed by atoms with E-state index in [1.165, 1.54) is 24.3 Å². The topological polar surface area (TPSA) is 68.3 Å². The van der Waals surface area contributed by atoms with Crippen molar-refractivity contribution < 1.29 is 32.6 Å². The molecule has 2 fully saturated rings. The summed E-state index contributed by atoms with van der Waals surface area (Å²) in [6.45, 7) is 0.717. The summed E-state index contributed by atoms with van der Waals surface area (Å²) < 4.78 is 40.6. The van der Waals surface area contributed by atoms with Crippen LogP contribution in [0.15, 0.2) is 66.7 Å². The van der Waals surface area contributed by atoms with Crippen LogP contribution in [0.25, 0.3) is 0 Å². The Balaban J connectivity index is 1.26. The Morgan fingerprint density at radius 2 is 1.68 bits per heavy atom. The molecule has 0 bridgehead atoms. The van der Waals surface area contributed by atoms with Gasteiger partial charge in [-0.1, -0.05) is 30.3 Å². The van der Waals surface area contributed by atoms with Gasteiger partial charge in [-0.3, -0.25) is 9.59 Å². The molecule has 0 aliphatic carbocycles. The van der Waals surface area contributed by atoms with Crippen molar-refractivity contribution in [2.45, 2.75) is 32.1 Å². The molecule has 7 nitrogen and oxygen atoms in total. The molecule has 198 valence electrons. The van der Waals surface area contributed by atoms with Crippen molar-refractivity contribution in [1.29, 1.82) is 0 Å². The lowest BCUT2D eigenvalue weighted by Crippen LogP contribution is -2.78. The first-order chi connectivity index (χ1) is 18.3. The molecule has 0 saturated carbocycles. The number of ether oxygens (including phenoxy) is 3. The van der Waals surface area contributed by atoms with Gasteiger partial charge in [-0.05, 0) is 60.9 Å². The summed E-state index contributed by atoms with van der Waals surface area (Å²) in [6, 6.07) is 18.9. The minimum Gasteiger partial charge on any atom is -0.493 e. The van der Waals surface area contributed by atoms with Crippen LogP contribution >= 0.6 is 0 Å². The number of alkyl halides is 2. The number of carbonyl (C=O) groups is 2. The zero-order valence-corrected chi connectivity index (χ0v) is 21.2. The predicted octanol–water partition coefficient (Wildman–Crippen LogP) is 4.92. The zero-order valence-electron chi connectivity index (χ0n) is 21.2. The second-order valence-electron chi connectivity index (χ2n) is 9.59. The average molecular weight is 523 g/mol. The lowest BCUT2D eigenvalue weighted by molar-refractivity contribution is -0.0848. The number of hydrogen-bond donors (Lipinski definition) is 0. The van der Waals surface area contributed by atoms with Gasteiger partial charge in [-0.15, -0.1) is 0 Å². The maximum Gasteiger partial charge on any atom is 0.387 e. The molecule has 3 aromatic rings. The summed E-state index contributed by atoms with van der Waals surface area (Å²) >= 11 is 0.